The summed E-state index contributed by atoms with van der Waals surface area (Å²) in [7, 11) is 0. The lowest BCUT2D eigenvalue weighted by Crippen LogP contribution is -2.55. The summed E-state index contributed by atoms with van der Waals surface area (Å²) < 4.78 is 11.2. The fourth-order valence-corrected chi connectivity index (χ4v) is 4.91. The van der Waals surface area contributed by atoms with Gasteiger partial charge in [0.15, 0.2) is 0 Å². The van der Waals surface area contributed by atoms with E-state index in [0.717, 1.165) is 41.0 Å². The van der Waals surface area contributed by atoms with Crippen LogP contribution in [0.25, 0.3) is 11.1 Å². The van der Waals surface area contributed by atoms with Gasteiger partial charge >= 0.3 is 0 Å². The van der Waals surface area contributed by atoms with Gasteiger partial charge in [-0.3, -0.25) is 10.1 Å². The Bertz CT molecular complexity index is 869. The molecule has 2 aliphatic heterocycles. The van der Waals surface area contributed by atoms with Gasteiger partial charge in [0.2, 0.25) is 5.91 Å². The fourth-order valence-electron chi connectivity index (χ4n) is 4.91. The van der Waals surface area contributed by atoms with E-state index in [-0.39, 0.29) is 5.91 Å². The summed E-state index contributed by atoms with van der Waals surface area (Å²) in [6.07, 6.45) is 5.77. The van der Waals surface area contributed by atoms with Crippen LogP contribution in [0.1, 0.15) is 43.4 Å². The van der Waals surface area contributed by atoms with Crippen molar-refractivity contribution in [1.82, 2.24) is 10.5 Å². The van der Waals surface area contributed by atoms with Crippen LogP contribution in [0.2, 0.25) is 0 Å². The number of nitrogens with one attached hydrogen (secondary N) is 2. The van der Waals surface area contributed by atoms with Crippen LogP contribution in [0.5, 0.6) is 5.88 Å². The smallest absolute Gasteiger partial charge is 0.262 e. The molecule has 6 heteroatoms. The maximum absolute atomic E-state index is 13.2. The van der Waals surface area contributed by atoms with Crippen molar-refractivity contribution < 1.29 is 14.1 Å². The van der Waals surface area contributed by atoms with Crippen LogP contribution in [0.3, 0.4) is 0 Å². The summed E-state index contributed by atoms with van der Waals surface area (Å²) in [6.45, 7) is 2.92. The molecule has 136 valence electrons. The molecule has 3 aliphatic rings. The highest BCUT2D eigenvalue weighted by Gasteiger charge is 2.52. The van der Waals surface area contributed by atoms with Crippen molar-refractivity contribution >= 4 is 11.6 Å². The first-order valence-electron chi connectivity index (χ1n) is 9.50. The monoisotopic (exact) mass is 353 g/mol. The third kappa shape index (κ3) is 2.14. The number of rotatable bonds is 1. The van der Waals surface area contributed by atoms with Gasteiger partial charge in [0.05, 0.1) is 5.56 Å². The maximum atomic E-state index is 13.2. The molecule has 1 amide bonds. The van der Waals surface area contributed by atoms with Gasteiger partial charge in [-0.2, -0.15) is 0 Å². The SMILES string of the molecule is Cc1onc2c1-c1ccc3c(c1)C(C1CCCCC1)(NCCO2)C(=O)N3. The number of amides is 1. The van der Waals surface area contributed by atoms with Crippen molar-refractivity contribution in [2.75, 3.05) is 18.5 Å². The van der Waals surface area contributed by atoms with Crippen molar-refractivity contribution in [2.24, 2.45) is 5.92 Å². The topological polar surface area (TPSA) is 76.4 Å². The third-order valence-electron chi connectivity index (χ3n) is 6.13. The number of carbonyl (C=O) groups excluding carboxylic acids is 1. The van der Waals surface area contributed by atoms with Gasteiger partial charge in [-0.25, -0.2) is 0 Å². The average Bonchev–Trinajstić information content (AvgIpc) is 3.17. The molecular weight excluding hydrogens is 330 g/mol. The molecule has 2 aromatic rings. The fraction of sp³-hybridized carbons (Fsp3) is 0.500. The van der Waals surface area contributed by atoms with E-state index in [1.807, 2.05) is 19.1 Å². The molecular formula is C20H23N3O3. The summed E-state index contributed by atoms with van der Waals surface area (Å²) in [5, 5.41) is 10.7. The average molecular weight is 353 g/mol. The number of hydrogen-bond acceptors (Lipinski definition) is 5. The first-order valence-corrected chi connectivity index (χ1v) is 9.50. The molecule has 2 N–H and O–H groups in total. The van der Waals surface area contributed by atoms with Crippen LogP contribution in [0.15, 0.2) is 22.7 Å². The van der Waals surface area contributed by atoms with E-state index in [2.05, 4.69) is 21.9 Å². The van der Waals surface area contributed by atoms with Crippen molar-refractivity contribution in [3.8, 4) is 17.0 Å². The molecule has 2 bridgehead atoms. The molecule has 5 rings (SSSR count). The van der Waals surface area contributed by atoms with Gasteiger partial charge in [0.25, 0.3) is 5.88 Å². The predicted molar refractivity (Wildman–Crippen MR) is 97.1 cm³/mol. The van der Waals surface area contributed by atoms with Crippen molar-refractivity contribution in [2.45, 2.75) is 44.6 Å². The summed E-state index contributed by atoms with van der Waals surface area (Å²) in [4.78, 5) is 13.2. The molecule has 0 spiro atoms. The molecule has 26 heavy (non-hydrogen) atoms. The highest BCUT2D eigenvalue weighted by atomic mass is 16.5. The second kappa shape index (κ2) is 5.84. The molecule has 0 radical (unpaired) electrons. The minimum absolute atomic E-state index is 0.0689. The Kier molecular flexibility index (Phi) is 3.57. The lowest BCUT2D eigenvalue weighted by molar-refractivity contribution is -0.125. The van der Waals surface area contributed by atoms with Gasteiger partial charge in [0, 0.05) is 17.8 Å². The zero-order valence-corrected chi connectivity index (χ0v) is 14.9. The van der Waals surface area contributed by atoms with Gasteiger partial charge in [-0.05, 0) is 48.5 Å². The van der Waals surface area contributed by atoms with Crippen LogP contribution in [-0.2, 0) is 10.3 Å². The number of anilines is 1. The molecule has 1 unspecified atom stereocenters. The Labute approximate surface area is 152 Å². The van der Waals surface area contributed by atoms with E-state index >= 15 is 0 Å². The first kappa shape index (κ1) is 15.9. The molecule has 1 saturated carbocycles. The van der Waals surface area contributed by atoms with Crippen LogP contribution in [-0.4, -0.2) is 24.2 Å². The highest BCUT2D eigenvalue weighted by molar-refractivity contribution is 6.06. The van der Waals surface area contributed by atoms with E-state index in [9.17, 15) is 4.79 Å². The molecule has 1 fully saturated rings. The number of aryl methyl sites for hydroxylation is 1. The zero-order chi connectivity index (χ0) is 17.7. The van der Waals surface area contributed by atoms with Crippen LogP contribution < -0.4 is 15.4 Å². The predicted octanol–water partition coefficient (Wildman–Crippen LogP) is 3.36. The Hall–Kier alpha value is -2.34. The van der Waals surface area contributed by atoms with Gasteiger partial charge in [-0.1, -0.05) is 25.3 Å². The lowest BCUT2D eigenvalue weighted by Gasteiger charge is -2.39. The molecule has 6 nitrogen and oxygen atoms in total. The maximum Gasteiger partial charge on any atom is 0.262 e. The standard InChI is InChI=1S/C20H23N3O3/c1-12-17-13-7-8-16-15(11-13)20(19(24)22-16,14-5-3-2-4-6-14)21-9-10-25-18(17)23-26-12/h7-8,11,14,21H,2-6,9-10H2,1H3,(H,22,24). The van der Waals surface area contributed by atoms with E-state index in [1.165, 1.54) is 19.3 Å². The third-order valence-corrected chi connectivity index (χ3v) is 6.13. The Morgan fingerprint density at radius 3 is 2.92 bits per heavy atom. The Morgan fingerprint density at radius 2 is 2.08 bits per heavy atom. The molecule has 3 heterocycles. The highest BCUT2D eigenvalue weighted by Crippen LogP contribution is 2.48. The zero-order valence-electron chi connectivity index (χ0n) is 14.9. The number of aromatic nitrogens is 1. The second-order valence-corrected chi connectivity index (χ2v) is 7.55. The number of carbonyl (C=O) groups is 1. The van der Waals surface area contributed by atoms with Gasteiger partial charge in [0.1, 0.15) is 17.9 Å². The van der Waals surface area contributed by atoms with Crippen molar-refractivity contribution in [3.05, 3.63) is 29.5 Å². The Balaban J connectivity index is 1.71. The molecule has 1 aromatic heterocycles. The van der Waals surface area contributed by atoms with Crippen LogP contribution in [0.4, 0.5) is 5.69 Å². The van der Waals surface area contributed by atoms with E-state index in [4.69, 9.17) is 9.26 Å². The quantitative estimate of drug-likeness (QED) is 0.822. The summed E-state index contributed by atoms with van der Waals surface area (Å²) >= 11 is 0. The molecule has 1 aromatic carbocycles. The van der Waals surface area contributed by atoms with Crippen molar-refractivity contribution in [1.29, 1.82) is 0 Å². The van der Waals surface area contributed by atoms with E-state index < -0.39 is 5.54 Å². The number of ether oxygens (including phenoxy) is 1. The summed E-state index contributed by atoms with van der Waals surface area (Å²) in [6, 6.07) is 6.11. The molecule has 0 saturated heterocycles. The molecule has 1 aliphatic carbocycles. The summed E-state index contributed by atoms with van der Waals surface area (Å²) in [5.74, 6) is 1.62. The first-order chi connectivity index (χ1) is 12.7. The van der Waals surface area contributed by atoms with Gasteiger partial charge in [-0.15, -0.1) is 0 Å². The largest absolute Gasteiger partial charge is 0.474 e. The number of fused-ring (bicyclic) bond motifs is 3. The minimum Gasteiger partial charge on any atom is -0.474 e. The van der Waals surface area contributed by atoms with Gasteiger partial charge < -0.3 is 14.6 Å². The minimum atomic E-state index is -0.669. The lowest BCUT2D eigenvalue weighted by atomic mass is 9.71. The normalized spacial score (nSPS) is 25.3. The number of nitrogens with zero attached hydrogens (tertiary/aromatic N) is 1. The summed E-state index contributed by atoms with van der Waals surface area (Å²) in [5.41, 5.74) is 3.16. The van der Waals surface area contributed by atoms with E-state index in [1.54, 1.807) is 0 Å². The number of benzene rings is 1. The second-order valence-electron chi connectivity index (χ2n) is 7.55. The van der Waals surface area contributed by atoms with Crippen molar-refractivity contribution in [3.63, 3.8) is 0 Å². The van der Waals surface area contributed by atoms with E-state index in [0.29, 0.717) is 24.9 Å². The van der Waals surface area contributed by atoms with Crippen LogP contribution in [0, 0.1) is 12.8 Å². The Morgan fingerprint density at radius 1 is 1.23 bits per heavy atom. The van der Waals surface area contributed by atoms with Crippen LogP contribution >= 0.6 is 0 Å². The number of hydrogen-bond donors (Lipinski definition) is 2. The molecule has 1 atom stereocenters.